The molecule has 4 rings (SSSR count). The van der Waals surface area contributed by atoms with Crippen molar-refractivity contribution in [3.05, 3.63) is 54.5 Å². The van der Waals surface area contributed by atoms with E-state index in [1.165, 1.54) is 19.1 Å². The van der Waals surface area contributed by atoms with Crippen molar-refractivity contribution in [3.8, 4) is 22.8 Å². The Bertz CT molecular complexity index is 1230. The molecule has 2 heterocycles. The predicted molar refractivity (Wildman–Crippen MR) is 138 cm³/mol. The molecule has 37 heavy (non-hydrogen) atoms. The SMILES string of the molecule is C[C@H](O)C(=O)N1CCC(Oc2ccc(-c3ccnc(Nc4ccc(F)c(OCCN)c4)n3)cc2N)CC1. The number of nitrogens with zero attached hydrogens (tertiary/aromatic N) is 3. The second-order valence-corrected chi connectivity index (χ2v) is 8.74. The smallest absolute Gasteiger partial charge is 0.251 e. The number of halogens is 1. The van der Waals surface area contributed by atoms with Crippen LogP contribution in [0.3, 0.4) is 0 Å². The number of hydrogen-bond acceptors (Lipinski definition) is 9. The van der Waals surface area contributed by atoms with E-state index in [9.17, 15) is 14.3 Å². The minimum atomic E-state index is -0.998. The molecule has 0 saturated carbocycles. The van der Waals surface area contributed by atoms with Crippen molar-refractivity contribution >= 4 is 23.2 Å². The summed E-state index contributed by atoms with van der Waals surface area (Å²) < 4.78 is 25.4. The highest BCUT2D eigenvalue weighted by atomic mass is 19.1. The molecule has 1 atom stereocenters. The Balaban J connectivity index is 1.41. The van der Waals surface area contributed by atoms with Gasteiger partial charge in [0.1, 0.15) is 24.6 Å². The Morgan fingerprint density at radius 1 is 1.22 bits per heavy atom. The fourth-order valence-corrected chi connectivity index (χ4v) is 4.02. The van der Waals surface area contributed by atoms with Gasteiger partial charge in [0, 0.05) is 56.0 Å². The average Bonchev–Trinajstić information content (AvgIpc) is 2.90. The minimum Gasteiger partial charge on any atom is -0.489 e. The van der Waals surface area contributed by atoms with Crippen LogP contribution in [-0.4, -0.2) is 64.3 Å². The van der Waals surface area contributed by atoms with E-state index in [-0.39, 0.29) is 30.9 Å². The summed E-state index contributed by atoms with van der Waals surface area (Å²) >= 11 is 0. The number of nitrogen functional groups attached to an aromatic ring is 1. The monoisotopic (exact) mass is 510 g/mol. The number of nitrogens with two attached hydrogens (primary N) is 2. The molecule has 1 aromatic heterocycles. The number of likely N-dealkylation sites (tertiary alicyclic amines) is 1. The molecule has 1 aliphatic heterocycles. The van der Waals surface area contributed by atoms with Crippen molar-refractivity contribution in [3.63, 3.8) is 0 Å². The van der Waals surface area contributed by atoms with Crippen LogP contribution in [0, 0.1) is 5.82 Å². The lowest BCUT2D eigenvalue weighted by atomic mass is 10.1. The van der Waals surface area contributed by atoms with Crippen LogP contribution in [0.1, 0.15) is 19.8 Å². The van der Waals surface area contributed by atoms with E-state index in [1.807, 2.05) is 6.07 Å². The van der Waals surface area contributed by atoms with Gasteiger partial charge in [0.2, 0.25) is 5.95 Å². The summed E-state index contributed by atoms with van der Waals surface area (Å²) in [6, 6.07) is 11.6. The van der Waals surface area contributed by atoms with Gasteiger partial charge >= 0.3 is 0 Å². The van der Waals surface area contributed by atoms with Gasteiger partial charge in [-0.1, -0.05) is 0 Å². The van der Waals surface area contributed by atoms with E-state index in [4.69, 9.17) is 20.9 Å². The molecule has 196 valence electrons. The Labute approximate surface area is 214 Å². The molecular weight excluding hydrogens is 479 g/mol. The number of hydrogen-bond donors (Lipinski definition) is 4. The molecule has 1 amide bonds. The number of ether oxygens (including phenoxy) is 2. The second kappa shape index (κ2) is 11.8. The summed E-state index contributed by atoms with van der Waals surface area (Å²) in [5.74, 6) is 0.236. The van der Waals surface area contributed by atoms with Crippen LogP contribution in [0.2, 0.25) is 0 Å². The first kappa shape index (κ1) is 26.1. The van der Waals surface area contributed by atoms with Crippen molar-refractivity contribution in [2.45, 2.75) is 32.0 Å². The van der Waals surface area contributed by atoms with Crippen LogP contribution in [-0.2, 0) is 4.79 Å². The largest absolute Gasteiger partial charge is 0.489 e. The standard InChI is InChI=1S/C26H31FN6O4/c1-16(34)25(35)33-11-7-19(8-12-33)37-23-5-2-17(14-21(23)29)22-6-10-30-26(32-22)31-18-3-4-20(27)24(15-18)36-13-9-28/h2-6,10,14-16,19,34H,7-9,11-13,28-29H2,1H3,(H,30,31,32)/t16-/m0/s1. The molecule has 10 nitrogen and oxygen atoms in total. The fraction of sp³-hybridized carbons (Fsp3) is 0.346. The number of anilines is 3. The first-order chi connectivity index (χ1) is 17.8. The second-order valence-electron chi connectivity index (χ2n) is 8.74. The number of rotatable bonds is 9. The molecule has 0 radical (unpaired) electrons. The van der Waals surface area contributed by atoms with E-state index in [2.05, 4.69) is 15.3 Å². The summed E-state index contributed by atoms with van der Waals surface area (Å²) in [6.07, 6.45) is 1.85. The van der Waals surface area contributed by atoms with Gasteiger partial charge in [-0.25, -0.2) is 14.4 Å². The van der Waals surface area contributed by atoms with Crippen molar-refractivity contribution in [1.29, 1.82) is 0 Å². The molecule has 0 unspecified atom stereocenters. The van der Waals surface area contributed by atoms with Gasteiger partial charge in [0.25, 0.3) is 5.91 Å². The maximum Gasteiger partial charge on any atom is 0.251 e. The highest BCUT2D eigenvalue weighted by Crippen LogP contribution is 2.31. The zero-order valence-electron chi connectivity index (χ0n) is 20.6. The summed E-state index contributed by atoms with van der Waals surface area (Å²) in [4.78, 5) is 22.4. The molecule has 6 N–H and O–H groups in total. The topological polar surface area (TPSA) is 149 Å². The number of aliphatic hydroxyl groups is 1. The first-order valence-corrected chi connectivity index (χ1v) is 12.1. The summed E-state index contributed by atoms with van der Waals surface area (Å²) in [7, 11) is 0. The van der Waals surface area contributed by atoms with Crippen LogP contribution in [0.15, 0.2) is 48.7 Å². The summed E-state index contributed by atoms with van der Waals surface area (Å²) in [5, 5.41) is 12.6. The van der Waals surface area contributed by atoms with Gasteiger partial charge in [-0.05, 0) is 43.3 Å². The molecule has 0 bridgehead atoms. The molecule has 3 aromatic rings. The normalized spacial score (nSPS) is 14.8. The third-order valence-electron chi connectivity index (χ3n) is 5.93. The molecule has 1 saturated heterocycles. The average molecular weight is 511 g/mol. The zero-order chi connectivity index (χ0) is 26.4. The molecule has 0 spiro atoms. The van der Waals surface area contributed by atoms with E-state index < -0.39 is 11.9 Å². The maximum absolute atomic E-state index is 13.9. The fourth-order valence-electron chi connectivity index (χ4n) is 4.02. The number of aromatic nitrogens is 2. The van der Waals surface area contributed by atoms with Gasteiger partial charge in [-0.2, -0.15) is 0 Å². The van der Waals surface area contributed by atoms with Crippen LogP contribution in [0.4, 0.5) is 21.7 Å². The third-order valence-corrected chi connectivity index (χ3v) is 5.93. The van der Waals surface area contributed by atoms with Gasteiger partial charge in [-0.15, -0.1) is 0 Å². The lowest BCUT2D eigenvalue weighted by Gasteiger charge is -2.33. The number of nitrogens with one attached hydrogen (secondary N) is 1. The van der Waals surface area contributed by atoms with Gasteiger partial charge in [0.05, 0.1) is 11.4 Å². The Morgan fingerprint density at radius 3 is 2.70 bits per heavy atom. The van der Waals surface area contributed by atoms with Crippen molar-refractivity contribution in [1.82, 2.24) is 14.9 Å². The van der Waals surface area contributed by atoms with Crippen molar-refractivity contribution in [2.24, 2.45) is 5.73 Å². The van der Waals surface area contributed by atoms with Crippen molar-refractivity contribution in [2.75, 3.05) is 37.3 Å². The Hall–Kier alpha value is -3.96. The molecule has 2 aromatic carbocycles. The van der Waals surface area contributed by atoms with E-state index in [0.717, 1.165) is 5.56 Å². The molecule has 0 aliphatic carbocycles. The Morgan fingerprint density at radius 2 is 2.00 bits per heavy atom. The number of carbonyl (C=O) groups excluding carboxylic acids is 1. The molecule has 1 aliphatic rings. The number of carbonyl (C=O) groups is 1. The Kier molecular flexibility index (Phi) is 8.36. The highest BCUT2D eigenvalue weighted by molar-refractivity contribution is 5.80. The summed E-state index contributed by atoms with van der Waals surface area (Å²) in [6.45, 7) is 3.01. The van der Waals surface area contributed by atoms with Crippen LogP contribution < -0.4 is 26.3 Å². The maximum atomic E-state index is 13.9. The van der Waals surface area contributed by atoms with E-state index in [1.54, 1.807) is 35.4 Å². The molecule has 1 fully saturated rings. The molecule has 11 heteroatoms. The minimum absolute atomic E-state index is 0.0736. The number of aliphatic hydroxyl groups excluding tert-OH is 1. The molecular formula is C26H31FN6O4. The number of piperidine rings is 1. The zero-order valence-corrected chi connectivity index (χ0v) is 20.6. The van der Waals surface area contributed by atoms with Gasteiger partial charge in [0.15, 0.2) is 11.6 Å². The van der Waals surface area contributed by atoms with Crippen molar-refractivity contribution < 1.29 is 23.8 Å². The van der Waals surface area contributed by atoms with E-state index in [0.29, 0.717) is 54.7 Å². The number of amides is 1. The van der Waals surface area contributed by atoms with Crippen LogP contribution >= 0.6 is 0 Å². The third kappa shape index (κ3) is 6.63. The first-order valence-electron chi connectivity index (χ1n) is 12.1. The van der Waals surface area contributed by atoms with Gasteiger partial charge < -0.3 is 36.3 Å². The summed E-state index contributed by atoms with van der Waals surface area (Å²) in [5.41, 5.74) is 14.2. The van der Waals surface area contributed by atoms with Crippen LogP contribution in [0.25, 0.3) is 11.3 Å². The lowest BCUT2D eigenvalue weighted by Crippen LogP contribution is -2.45. The van der Waals surface area contributed by atoms with Gasteiger partial charge in [-0.3, -0.25) is 4.79 Å². The quantitative estimate of drug-likeness (QED) is 0.319. The predicted octanol–water partition coefficient (Wildman–Crippen LogP) is 2.70. The highest BCUT2D eigenvalue weighted by Gasteiger charge is 2.26. The lowest BCUT2D eigenvalue weighted by molar-refractivity contribution is -0.141. The number of benzene rings is 2. The van der Waals surface area contributed by atoms with Crippen LogP contribution in [0.5, 0.6) is 11.5 Å². The van der Waals surface area contributed by atoms with E-state index >= 15 is 0 Å².